The third-order valence-corrected chi connectivity index (χ3v) is 19.2. The minimum atomic E-state index is -4.96. The lowest BCUT2D eigenvalue weighted by Crippen LogP contribution is -2.30. The standard InChI is InChI=1S/C75H146O17P2/c1-65(2)51-43-35-27-21-15-10-9-11-19-25-31-41-49-57-74(79)91-70(61-85-72(77)55-47-39-30-24-18-13-12-16-22-28-36-44-52-66(3)4)63-89-93(81,82)87-59-69(76)60-88-94(83,84)90-64-71(62-86-73(78)56-48-40-34-33-38-46-54-68(7)8)92-75(80)58-50-42-32-26-20-14-17-23-29-37-45-53-67(5)6/h65-71,76H,9-64H2,1-8H3,(H,81,82)(H,83,84)/t69-,70-,71-/m1/s1. The molecule has 0 saturated carbocycles. The molecule has 19 heteroatoms. The summed E-state index contributed by atoms with van der Waals surface area (Å²) < 4.78 is 68.5. The highest BCUT2D eigenvalue weighted by Gasteiger charge is 2.30. The number of ether oxygens (including phenoxy) is 4. The highest BCUT2D eigenvalue weighted by atomic mass is 31.2. The summed E-state index contributed by atoms with van der Waals surface area (Å²) >= 11 is 0. The summed E-state index contributed by atoms with van der Waals surface area (Å²) in [5, 5.41) is 10.6. The summed E-state index contributed by atoms with van der Waals surface area (Å²) in [5.74, 6) is 0.890. The Hall–Kier alpha value is -1.94. The molecule has 0 aliphatic heterocycles. The normalized spacial score (nSPS) is 14.2. The number of carbonyl (C=O) groups is 4. The van der Waals surface area contributed by atoms with Gasteiger partial charge in [-0.15, -0.1) is 0 Å². The minimum absolute atomic E-state index is 0.105. The lowest BCUT2D eigenvalue weighted by atomic mass is 10.0. The molecule has 5 atom stereocenters. The van der Waals surface area contributed by atoms with Crippen molar-refractivity contribution < 1.29 is 80.2 Å². The van der Waals surface area contributed by atoms with Crippen LogP contribution < -0.4 is 0 Å². The second-order valence-electron chi connectivity index (χ2n) is 28.9. The number of rotatable bonds is 72. The largest absolute Gasteiger partial charge is 0.472 e. The lowest BCUT2D eigenvalue weighted by Gasteiger charge is -2.21. The number of phosphoric ester groups is 2. The third-order valence-electron chi connectivity index (χ3n) is 17.3. The molecule has 94 heavy (non-hydrogen) atoms. The zero-order valence-electron chi connectivity index (χ0n) is 61.6. The van der Waals surface area contributed by atoms with Crippen LogP contribution in [0, 0.1) is 23.7 Å². The van der Waals surface area contributed by atoms with Gasteiger partial charge >= 0.3 is 39.5 Å². The van der Waals surface area contributed by atoms with Gasteiger partial charge in [-0.1, -0.05) is 325 Å². The molecule has 0 fully saturated rings. The summed E-state index contributed by atoms with van der Waals surface area (Å²) in [7, 11) is -9.91. The first-order chi connectivity index (χ1) is 45.1. The number of hydrogen-bond acceptors (Lipinski definition) is 15. The van der Waals surface area contributed by atoms with Crippen molar-refractivity contribution in [3.63, 3.8) is 0 Å². The summed E-state index contributed by atoms with van der Waals surface area (Å²) in [6, 6.07) is 0. The highest BCUT2D eigenvalue weighted by molar-refractivity contribution is 7.47. The van der Waals surface area contributed by atoms with Crippen molar-refractivity contribution in [2.75, 3.05) is 39.6 Å². The van der Waals surface area contributed by atoms with E-state index in [1.807, 2.05) is 0 Å². The maximum atomic E-state index is 13.1. The molecule has 0 bridgehead atoms. The second-order valence-corrected chi connectivity index (χ2v) is 31.9. The molecule has 0 spiro atoms. The Balaban J connectivity index is 5.25. The van der Waals surface area contributed by atoms with Gasteiger partial charge in [-0.25, -0.2) is 9.13 Å². The van der Waals surface area contributed by atoms with Crippen LogP contribution in [0.1, 0.15) is 376 Å². The van der Waals surface area contributed by atoms with Crippen LogP contribution >= 0.6 is 15.6 Å². The molecule has 0 aromatic rings. The Kier molecular flexibility index (Phi) is 63.1. The van der Waals surface area contributed by atoms with Crippen molar-refractivity contribution in [1.29, 1.82) is 0 Å². The van der Waals surface area contributed by atoms with Gasteiger partial charge in [0.1, 0.15) is 19.3 Å². The van der Waals surface area contributed by atoms with Crippen molar-refractivity contribution in [1.82, 2.24) is 0 Å². The highest BCUT2D eigenvalue weighted by Crippen LogP contribution is 2.45. The van der Waals surface area contributed by atoms with Gasteiger partial charge in [0, 0.05) is 25.7 Å². The van der Waals surface area contributed by atoms with Crippen molar-refractivity contribution in [3.8, 4) is 0 Å². The number of unbranched alkanes of at least 4 members (excludes halogenated alkanes) is 38. The van der Waals surface area contributed by atoms with E-state index < -0.39 is 97.5 Å². The molecular weight excluding hydrogens is 1230 g/mol. The van der Waals surface area contributed by atoms with E-state index in [9.17, 15) is 43.2 Å². The van der Waals surface area contributed by atoms with Crippen LogP contribution in [0.2, 0.25) is 0 Å². The molecule has 2 unspecified atom stereocenters. The fourth-order valence-electron chi connectivity index (χ4n) is 11.4. The van der Waals surface area contributed by atoms with Gasteiger partial charge in [0.05, 0.1) is 26.4 Å². The molecule has 0 amide bonds. The number of aliphatic hydroxyl groups excluding tert-OH is 1. The van der Waals surface area contributed by atoms with E-state index in [-0.39, 0.29) is 25.7 Å². The molecule has 0 radical (unpaired) electrons. The van der Waals surface area contributed by atoms with Crippen LogP contribution in [-0.4, -0.2) is 96.7 Å². The van der Waals surface area contributed by atoms with Gasteiger partial charge in [-0.05, 0) is 49.4 Å². The first kappa shape index (κ1) is 92.1. The fraction of sp³-hybridized carbons (Fsp3) is 0.947. The molecule has 0 heterocycles. The van der Waals surface area contributed by atoms with E-state index in [4.69, 9.17) is 37.0 Å². The molecule has 0 rings (SSSR count). The average molecular weight is 1380 g/mol. The van der Waals surface area contributed by atoms with E-state index in [0.717, 1.165) is 114 Å². The predicted octanol–water partition coefficient (Wildman–Crippen LogP) is 21.7. The van der Waals surface area contributed by atoms with Crippen molar-refractivity contribution in [2.45, 2.75) is 395 Å². The Morgan fingerprint density at radius 3 is 0.660 bits per heavy atom. The van der Waals surface area contributed by atoms with Gasteiger partial charge in [-0.3, -0.25) is 37.3 Å². The molecule has 0 aliphatic carbocycles. The quantitative estimate of drug-likeness (QED) is 0.0222. The summed E-state index contributed by atoms with van der Waals surface area (Å²) in [5.41, 5.74) is 0. The number of hydrogen-bond donors (Lipinski definition) is 3. The number of carbonyl (C=O) groups excluding carboxylic acids is 4. The Morgan fingerprint density at radius 1 is 0.266 bits per heavy atom. The lowest BCUT2D eigenvalue weighted by molar-refractivity contribution is -0.161. The molecule has 3 N–H and O–H groups in total. The molecule has 0 saturated heterocycles. The molecule has 558 valence electrons. The Labute approximate surface area is 575 Å². The number of esters is 4. The van der Waals surface area contributed by atoms with Gasteiger partial charge in [-0.2, -0.15) is 0 Å². The molecule has 0 aromatic carbocycles. The SMILES string of the molecule is CC(C)CCCCCCCCCCCCCCCC(=O)O[C@H](COC(=O)CCCCCCCCCCCCCCC(C)C)COP(=O)(O)OC[C@@H](O)COP(=O)(O)OC[C@@H](COC(=O)CCCCCCCCC(C)C)OC(=O)CCCCCCCCCCCCCC(C)C. The van der Waals surface area contributed by atoms with Gasteiger partial charge in [0.2, 0.25) is 0 Å². The van der Waals surface area contributed by atoms with E-state index in [0.29, 0.717) is 31.6 Å². The van der Waals surface area contributed by atoms with Crippen LogP contribution in [0.15, 0.2) is 0 Å². The zero-order valence-corrected chi connectivity index (χ0v) is 63.4. The molecule has 0 aliphatic rings. The van der Waals surface area contributed by atoms with Gasteiger partial charge < -0.3 is 33.8 Å². The maximum absolute atomic E-state index is 13.1. The monoisotopic (exact) mass is 1380 g/mol. The van der Waals surface area contributed by atoms with Crippen molar-refractivity contribution >= 4 is 39.5 Å². The second kappa shape index (κ2) is 64.4. The summed E-state index contributed by atoms with van der Waals surface area (Å²) in [6.45, 7) is 14.1. The first-order valence-corrected chi connectivity index (χ1v) is 41.7. The van der Waals surface area contributed by atoms with Crippen molar-refractivity contribution in [3.05, 3.63) is 0 Å². The summed E-state index contributed by atoms with van der Waals surface area (Å²) in [4.78, 5) is 72.8. The van der Waals surface area contributed by atoms with Gasteiger partial charge in [0.25, 0.3) is 0 Å². The van der Waals surface area contributed by atoms with Crippen LogP contribution in [0.4, 0.5) is 0 Å². The minimum Gasteiger partial charge on any atom is -0.462 e. The van der Waals surface area contributed by atoms with Crippen LogP contribution in [-0.2, 0) is 65.4 Å². The third kappa shape index (κ3) is 68.6. The molecule has 17 nitrogen and oxygen atoms in total. The van der Waals surface area contributed by atoms with E-state index in [1.165, 1.54) is 173 Å². The van der Waals surface area contributed by atoms with E-state index in [2.05, 4.69) is 55.4 Å². The smallest absolute Gasteiger partial charge is 0.462 e. The Morgan fingerprint density at radius 2 is 0.447 bits per heavy atom. The first-order valence-electron chi connectivity index (χ1n) is 38.7. The fourth-order valence-corrected chi connectivity index (χ4v) is 13.0. The van der Waals surface area contributed by atoms with Crippen LogP contribution in [0.3, 0.4) is 0 Å². The van der Waals surface area contributed by atoms with E-state index >= 15 is 0 Å². The number of phosphoric acid groups is 2. The zero-order chi connectivity index (χ0) is 69.6. The van der Waals surface area contributed by atoms with Crippen molar-refractivity contribution in [2.24, 2.45) is 23.7 Å². The summed E-state index contributed by atoms with van der Waals surface area (Å²) in [6.07, 6.45) is 48.7. The van der Waals surface area contributed by atoms with E-state index in [1.54, 1.807) is 0 Å². The predicted molar refractivity (Wildman–Crippen MR) is 381 cm³/mol. The van der Waals surface area contributed by atoms with Crippen LogP contribution in [0.25, 0.3) is 0 Å². The van der Waals surface area contributed by atoms with Gasteiger partial charge in [0.15, 0.2) is 12.2 Å². The maximum Gasteiger partial charge on any atom is 0.472 e. The number of aliphatic hydroxyl groups is 1. The average Bonchev–Trinajstić information content (AvgIpc) is 2.37. The Bertz CT molecular complexity index is 1850. The molecular formula is C75H146O17P2. The molecule has 0 aromatic heterocycles. The topological polar surface area (TPSA) is 237 Å². The van der Waals surface area contributed by atoms with Crippen LogP contribution in [0.5, 0.6) is 0 Å².